The van der Waals surface area contributed by atoms with E-state index >= 15 is 0 Å². The van der Waals surface area contributed by atoms with Crippen molar-refractivity contribution in [1.82, 2.24) is 14.9 Å². The number of nitrogens with one attached hydrogen (secondary N) is 1. The molecule has 2 aromatic heterocycles. The molecular formula is C27H22F3N5OS. The van der Waals surface area contributed by atoms with E-state index in [1.807, 2.05) is 13.0 Å². The first-order valence-electron chi connectivity index (χ1n) is 11.8. The van der Waals surface area contributed by atoms with E-state index in [4.69, 9.17) is 0 Å². The average Bonchev–Trinajstić information content (AvgIpc) is 3.29. The van der Waals surface area contributed by atoms with Crippen LogP contribution in [0.2, 0.25) is 0 Å². The van der Waals surface area contributed by atoms with Crippen molar-refractivity contribution in [2.24, 2.45) is 0 Å². The Labute approximate surface area is 215 Å². The number of thiazole rings is 1. The standard InChI is InChI=1S/C27H22F3N5OS/c1-15-33-24(25(37-15)16-5-7-19(28)8-6-16)27(36)35-9-3-2-4-20(35)14-32-26-18(13-31)10-17-11-21(29)22(30)12-23(17)34-26/h5-8,10-12,20H,2-4,9,14H2,1H3,(H,32,34)/t20-/m0/s1. The Morgan fingerprint density at radius 2 is 1.89 bits per heavy atom. The van der Waals surface area contributed by atoms with Gasteiger partial charge in [0.1, 0.15) is 23.4 Å². The second-order valence-electron chi connectivity index (χ2n) is 8.90. The molecule has 3 heterocycles. The summed E-state index contributed by atoms with van der Waals surface area (Å²) in [5.41, 5.74) is 1.48. The number of nitriles is 1. The Hall–Kier alpha value is -3.97. The van der Waals surface area contributed by atoms with Crippen molar-refractivity contribution >= 4 is 34.0 Å². The molecule has 0 radical (unpaired) electrons. The molecule has 1 N–H and O–H groups in total. The van der Waals surface area contributed by atoms with E-state index in [1.165, 1.54) is 29.5 Å². The van der Waals surface area contributed by atoms with E-state index < -0.39 is 11.6 Å². The zero-order valence-electron chi connectivity index (χ0n) is 19.9. The number of carbonyl (C=O) groups excluding carboxylic acids is 1. The number of aryl methyl sites for hydroxylation is 1. The first-order chi connectivity index (χ1) is 17.8. The minimum atomic E-state index is -1.02. The van der Waals surface area contributed by atoms with Crippen LogP contribution in [0.4, 0.5) is 19.0 Å². The highest BCUT2D eigenvalue weighted by atomic mass is 32.1. The maximum atomic E-state index is 13.7. The van der Waals surface area contributed by atoms with Crippen LogP contribution in [0.25, 0.3) is 21.3 Å². The fourth-order valence-corrected chi connectivity index (χ4v) is 5.50. The highest BCUT2D eigenvalue weighted by Crippen LogP contribution is 2.33. The van der Waals surface area contributed by atoms with Crippen molar-refractivity contribution in [3.63, 3.8) is 0 Å². The number of hydrogen-bond acceptors (Lipinski definition) is 6. The molecule has 0 aliphatic carbocycles. The average molecular weight is 522 g/mol. The van der Waals surface area contributed by atoms with Gasteiger partial charge in [-0.05, 0) is 56.0 Å². The van der Waals surface area contributed by atoms with Gasteiger partial charge in [-0.1, -0.05) is 12.1 Å². The number of benzene rings is 2. The quantitative estimate of drug-likeness (QED) is 0.345. The monoisotopic (exact) mass is 521 g/mol. The zero-order chi connectivity index (χ0) is 26.1. The number of nitrogens with zero attached hydrogens (tertiary/aromatic N) is 4. The van der Waals surface area contributed by atoms with Crippen molar-refractivity contribution in [1.29, 1.82) is 5.26 Å². The summed E-state index contributed by atoms with van der Waals surface area (Å²) in [4.78, 5) is 25.0. The van der Waals surface area contributed by atoms with Gasteiger partial charge in [-0.3, -0.25) is 4.79 Å². The molecule has 1 aliphatic heterocycles. The van der Waals surface area contributed by atoms with Gasteiger partial charge < -0.3 is 10.2 Å². The van der Waals surface area contributed by atoms with Crippen molar-refractivity contribution in [3.05, 3.63) is 76.2 Å². The largest absolute Gasteiger partial charge is 0.367 e. The van der Waals surface area contributed by atoms with Gasteiger partial charge in [0.05, 0.1) is 21.0 Å². The van der Waals surface area contributed by atoms with Crippen LogP contribution in [0.1, 0.15) is 40.3 Å². The summed E-state index contributed by atoms with van der Waals surface area (Å²) in [6, 6.07) is 11.3. The predicted molar refractivity (Wildman–Crippen MR) is 136 cm³/mol. The third-order valence-corrected chi connectivity index (χ3v) is 7.43. The molecule has 37 heavy (non-hydrogen) atoms. The number of piperidine rings is 1. The zero-order valence-corrected chi connectivity index (χ0v) is 20.7. The lowest BCUT2D eigenvalue weighted by Gasteiger charge is -2.35. The summed E-state index contributed by atoms with van der Waals surface area (Å²) in [6.07, 6.45) is 2.51. The number of rotatable bonds is 5. The van der Waals surface area contributed by atoms with Gasteiger partial charge in [0, 0.05) is 30.6 Å². The maximum absolute atomic E-state index is 13.7. The summed E-state index contributed by atoms with van der Waals surface area (Å²) < 4.78 is 40.8. The van der Waals surface area contributed by atoms with Crippen LogP contribution in [0.3, 0.4) is 0 Å². The smallest absolute Gasteiger partial charge is 0.274 e. The van der Waals surface area contributed by atoms with Gasteiger partial charge in [-0.15, -0.1) is 11.3 Å². The summed E-state index contributed by atoms with van der Waals surface area (Å²) in [6.45, 7) is 2.69. The minimum absolute atomic E-state index is 0.195. The molecule has 0 saturated carbocycles. The van der Waals surface area contributed by atoms with E-state index in [2.05, 4.69) is 15.3 Å². The van der Waals surface area contributed by atoms with Crippen molar-refractivity contribution in [2.45, 2.75) is 32.2 Å². The third kappa shape index (κ3) is 5.00. The SMILES string of the molecule is Cc1nc(C(=O)N2CCCC[C@H]2CNc2nc3cc(F)c(F)cc3cc2C#N)c(-c2ccc(F)cc2)s1. The highest BCUT2D eigenvalue weighted by Gasteiger charge is 2.31. The number of aromatic nitrogens is 2. The molecule has 1 atom stereocenters. The Bertz CT molecular complexity index is 1530. The van der Waals surface area contributed by atoms with Crippen LogP contribution >= 0.6 is 11.3 Å². The van der Waals surface area contributed by atoms with Gasteiger partial charge in [0.15, 0.2) is 11.6 Å². The predicted octanol–water partition coefficient (Wildman–Crippen LogP) is 6.06. The molecule has 2 aromatic carbocycles. The first kappa shape index (κ1) is 24.7. The van der Waals surface area contributed by atoms with Crippen LogP contribution < -0.4 is 5.32 Å². The van der Waals surface area contributed by atoms with Crippen LogP contribution in [-0.4, -0.2) is 39.9 Å². The number of carbonyl (C=O) groups is 1. The molecule has 6 nitrogen and oxygen atoms in total. The molecule has 10 heteroatoms. The fourth-order valence-electron chi connectivity index (χ4n) is 4.59. The number of amides is 1. The summed E-state index contributed by atoms with van der Waals surface area (Å²) in [5, 5.41) is 13.8. The number of fused-ring (bicyclic) bond motifs is 1. The summed E-state index contributed by atoms with van der Waals surface area (Å²) >= 11 is 1.39. The number of likely N-dealkylation sites (tertiary alicyclic amines) is 1. The maximum Gasteiger partial charge on any atom is 0.274 e. The normalized spacial score (nSPS) is 15.5. The molecule has 1 saturated heterocycles. The van der Waals surface area contributed by atoms with Gasteiger partial charge in [0.2, 0.25) is 0 Å². The lowest BCUT2D eigenvalue weighted by atomic mass is 10.0. The first-order valence-corrected chi connectivity index (χ1v) is 12.6. The fraction of sp³-hybridized carbons (Fsp3) is 0.259. The Morgan fingerprint density at radius 3 is 2.65 bits per heavy atom. The molecule has 5 rings (SSSR count). The van der Waals surface area contributed by atoms with Gasteiger partial charge in [0.25, 0.3) is 5.91 Å². The molecule has 4 aromatic rings. The van der Waals surface area contributed by atoms with Gasteiger partial charge in [-0.25, -0.2) is 23.1 Å². The number of hydrogen-bond donors (Lipinski definition) is 1. The van der Waals surface area contributed by atoms with Crippen molar-refractivity contribution < 1.29 is 18.0 Å². The molecule has 1 aliphatic rings. The van der Waals surface area contributed by atoms with E-state index in [1.54, 1.807) is 17.0 Å². The molecule has 0 unspecified atom stereocenters. The second-order valence-corrected chi connectivity index (χ2v) is 10.1. The Kier molecular flexibility index (Phi) is 6.80. The molecule has 0 spiro atoms. The summed E-state index contributed by atoms with van der Waals surface area (Å²) in [5.74, 6) is -2.34. The third-order valence-electron chi connectivity index (χ3n) is 6.41. The van der Waals surface area contributed by atoms with Gasteiger partial charge >= 0.3 is 0 Å². The molecule has 1 fully saturated rings. The van der Waals surface area contributed by atoms with Gasteiger partial charge in [-0.2, -0.15) is 5.26 Å². The molecular weight excluding hydrogens is 499 g/mol. The molecule has 0 bridgehead atoms. The van der Waals surface area contributed by atoms with Crippen LogP contribution in [0, 0.1) is 35.7 Å². The lowest BCUT2D eigenvalue weighted by molar-refractivity contribution is 0.0623. The minimum Gasteiger partial charge on any atom is -0.367 e. The highest BCUT2D eigenvalue weighted by molar-refractivity contribution is 7.15. The number of pyridine rings is 1. The number of halogens is 3. The Morgan fingerprint density at radius 1 is 1.14 bits per heavy atom. The van der Waals surface area contributed by atoms with E-state index in [0.717, 1.165) is 42.0 Å². The van der Waals surface area contributed by atoms with Crippen LogP contribution in [0.5, 0.6) is 0 Å². The van der Waals surface area contributed by atoms with E-state index in [9.17, 15) is 23.2 Å². The summed E-state index contributed by atoms with van der Waals surface area (Å²) in [7, 11) is 0. The van der Waals surface area contributed by atoms with Crippen molar-refractivity contribution in [2.75, 3.05) is 18.4 Å². The molecule has 188 valence electrons. The molecule has 1 amide bonds. The number of anilines is 1. The van der Waals surface area contributed by atoms with Crippen LogP contribution in [-0.2, 0) is 0 Å². The second kappa shape index (κ2) is 10.2. The van der Waals surface area contributed by atoms with E-state index in [-0.39, 0.29) is 34.7 Å². The Balaban J connectivity index is 1.40. The van der Waals surface area contributed by atoms with Crippen molar-refractivity contribution in [3.8, 4) is 16.5 Å². The van der Waals surface area contributed by atoms with Crippen LogP contribution in [0.15, 0.2) is 42.5 Å². The topological polar surface area (TPSA) is 81.9 Å². The lowest BCUT2D eigenvalue weighted by Crippen LogP contribution is -2.47. The van der Waals surface area contributed by atoms with E-state index in [0.29, 0.717) is 29.0 Å².